The predicted octanol–water partition coefficient (Wildman–Crippen LogP) is 4.54. The molecule has 3 rings (SSSR count). The molecular formula is C19H19BrN4OS. The van der Waals surface area contributed by atoms with Crippen molar-refractivity contribution >= 4 is 39.2 Å². The molecule has 0 amide bonds. The number of benzene rings is 2. The van der Waals surface area contributed by atoms with Crippen LogP contribution in [0.5, 0.6) is 0 Å². The Morgan fingerprint density at radius 3 is 2.35 bits per heavy atom. The number of aryl methyl sites for hydroxylation is 1. The molecule has 1 N–H and O–H groups in total. The lowest BCUT2D eigenvalue weighted by Gasteiger charge is -2.09. The van der Waals surface area contributed by atoms with Gasteiger partial charge in [0.15, 0.2) is 5.16 Å². The molecule has 0 radical (unpaired) electrons. The molecule has 0 saturated heterocycles. The summed E-state index contributed by atoms with van der Waals surface area (Å²) in [7, 11) is 1.71. The van der Waals surface area contributed by atoms with Crippen LogP contribution in [-0.2, 0) is 19.2 Å². The van der Waals surface area contributed by atoms with Crippen molar-refractivity contribution < 1.29 is 0 Å². The van der Waals surface area contributed by atoms with Crippen molar-refractivity contribution in [1.29, 1.82) is 0 Å². The van der Waals surface area contributed by atoms with Gasteiger partial charge in [0.25, 0.3) is 5.56 Å². The summed E-state index contributed by atoms with van der Waals surface area (Å²) < 4.78 is 2.57. The van der Waals surface area contributed by atoms with Crippen molar-refractivity contribution in [3.63, 3.8) is 0 Å². The molecule has 0 aliphatic carbocycles. The van der Waals surface area contributed by atoms with Gasteiger partial charge in [-0.2, -0.15) is 0 Å². The minimum absolute atomic E-state index is 0.196. The Kier molecular flexibility index (Phi) is 6.11. The van der Waals surface area contributed by atoms with Crippen LogP contribution in [0.3, 0.4) is 0 Å². The smallest absolute Gasteiger partial charge is 0.297 e. The monoisotopic (exact) mass is 430 g/mol. The quantitative estimate of drug-likeness (QED) is 0.581. The summed E-state index contributed by atoms with van der Waals surface area (Å²) in [5, 5.41) is 11.9. The second-order valence-electron chi connectivity index (χ2n) is 5.79. The van der Waals surface area contributed by atoms with E-state index in [0.29, 0.717) is 5.16 Å². The lowest BCUT2D eigenvalue weighted by Crippen LogP contribution is -2.24. The number of hydrogen-bond acceptors (Lipinski definition) is 5. The summed E-state index contributed by atoms with van der Waals surface area (Å²) in [6, 6.07) is 16.0. The number of halogens is 1. The Morgan fingerprint density at radius 2 is 1.69 bits per heavy atom. The van der Waals surface area contributed by atoms with Crippen LogP contribution in [-0.4, -0.2) is 14.8 Å². The van der Waals surface area contributed by atoms with Crippen molar-refractivity contribution in [3.8, 4) is 0 Å². The molecule has 0 saturated carbocycles. The predicted molar refractivity (Wildman–Crippen MR) is 110 cm³/mol. The second-order valence-corrected chi connectivity index (χ2v) is 7.64. The third kappa shape index (κ3) is 4.53. The van der Waals surface area contributed by atoms with E-state index >= 15 is 0 Å². The number of thioether (sulfide) groups is 1. The van der Waals surface area contributed by atoms with E-state index in [1.54, 1.807) is 7.05 Å². The van der Waals surface area contributed by atoms with Crippen LogP contribution in [0, 0.1) is 0 Å². The zero-order valence-electron chi connectivity index (χ0n) is 14.6. The zero-order valence-corrected chi connectivity index (χ0v) is 17.0. The van der Waals surface area contributed by atoms with Crippen molar-refractivity contribution in [1.82, 2.24) is 14.8 Å². The Morgan fingerprint density at radius 1 is 1.04 bits per heavy atom. The van der Waals surface area contributed by atoms with Crippen LogP contribution < -0.4 is 10.9 Å². The van der Waals surface area contributed by atoms with E-state index in [1.807, 2.05) is 48.5 Å². The average molecular weight is 431 g/mol. The van der Waals surface area contributed by atoms with Crippen LogP contribution in [0.2, 0.25) is 0 Å². The fraction of sp³-hybridized carbons (Fsp3) is 0.211. The first kappa shape index (κ1) is 18.7. The van der Waals surface area contributed by atoms with Gasteiger partial charge in [-0.15, -0.1) is 10.2 Å². The Hall–Kier alpha value is -2.12. The minimum atomic E-state index is -0.196. The van der Waals surface area contributed by atoms with Crippen molar-refractivity contribution in [2.45, 2.75) is 24.3 Å². The summed E-state index contributed by atoms with van der Waals surface area (Å²) >= 11 is 4.91. The molecule has 0 fully saturated rings. The van der Waals surface area contributed by atoms with E-state index in [-0.39, 0.29) is 11.4 Å². The molecule has 1 heterocycles. The highest BCUT2D eigenvalue weighted by Gasteiger charge is 2.10. The second kappa shape index (κ2) is 8.51. The standard InChI is InChI=1S/C19H19BrN4OS/c1-3-13-6-10-16(11-7-13)21-17-18(25)24(2)19(23-22-17)26-12-14-4-8-15(20)9-5-14/h4-11H,3,12H2,1-2H3,(H,21,22). The fourth-order valence-electron chi connectivity index (χ4n) is 2.34. The number of aromatic nitrogens is 3. The molecule has 0 atom stereocenters. The van der Waals surface area contributed by atoms with Gasteiger partial charge in [0, 0.05) is 23.0 Å². The maximum absolute atomic E-state index is 12.6. The molecule has 3 aromatic rings. The molecular weight excluding hydrogens is 412 g/mol. The Bertz CT molecular complexity index is 939. The first-order valence-corrected chi connectivity index (χ1v) is 10.0. The summed E-state index contributed by atoms with van der Waals surface area (Å²) in [6.07, 6.45) is 0.978. The molecule has 0 bridgehead atoms. The number of anilines is 2. The number of hydrogen-bond donors (Lipinski definition) is 1. The maximum Gasteiger partial charge on any atom is 0.297 e. The van der Waals surface area contributed by atoms with Crippen LogP contribution in [0.15, 0.2) is 63.0 Å². The first-order valence-electron chi connectivity index (χ1n) is 8.23. The normalized spacial score (nSPS) is 10.7. The van der Waals surface area contributed by atoms with Crippen molar-refractivity contribution in [2.24, 2.45) is 7.05 Å². The van der Waals surface area contributed by atoms with Gasteiger partial charge in [-0.1, -0.05) is 58.9 Å². The molecule has 26 heavy (non-hydrogen) atoms. The van der Waals surface area contributed by atoms with Crippen molar-refractivity contribution in [2.75, 3.05) is 5.32 Å². The summed E-state index contributed by atoms with van der Waals surface area (Å²) in [6.45, 7) is 2.11. The molecule has 0 unspecified atom stereocenters. The molecule has 0 spiro atoms. The van der Waals surface area contributed by atoms with Crippen LogP contribution >= 0.6 is 27.7 Å². The van der Waals surface area contributed by atoms with Crippen molar-refractivity contribution in [3.05, 3.63) is 74.5 Å². The molecule has 5 nitrogen and oxygen atoms in total. The summed E-state index contributed by atoms with van der Waals surface area (Å²) in [5.74, 6) is 0.949. The largest absolute Gasteiger partial charge is 0.334 e. The average Bonchev–Trinajstić information content (AvgIpc) is 2.67. The van der Waals surface area contributed by atoms with Crippen LogP contribution in [0.1, 0.15) is 18.1 Å². The fourth-order valence-corrected chi connectivity index (χ4v) is 3.47. The van der Waals surface area contributed by atoms with Gasteiger partial charge in [0.2, 0.25) is 5.82 Å². The molecule has 1 aromatic heterocycles. The summed E-state index contributed by atoms with van der Waals surface area (Å²) in [4.78, 5) is 12.6. The minimum Gasteiger partial charge on any atom is -0.334 e. The van der Waals surface area contributed by atoms with E-state index in [4.69, 9.17) is 0 Å². The third-order valence-corrected chi connectivity index (χ3v) is 5.56. The zero-order chi connectivity index (χ0) is 18.5. The SMILES string of the molecule is CCc1ccc(Nc2nnc(SCc3ccc(Br)cc3)n(C)c2=O)cc1. The molecule has 2 aromatic carbocycles. The number of nitrogens with one attached hydrogen (secondary N) is 1. The number of nitrogens with zero attached hydrogens (tertiary/aromatic N) is 3. The topological polar surface area (TPSA) is 59.8 Å². The lowest BCUT2D eigenvalue weighted by molar-refractivity contribution is 0.666. The van der Waals surface area contributed by atoms with Gasteiger partial charge in [-0.3, -0.25) is 9.36 Å². The van der Waals surface area contributed by atoms with E-state index in [1.165, 1.54) is 21.9 Å². The van der Waals surface area contributed by atoms with Gasteiger partial charge in [-0.25, -0.2) is 0 Å². The van der Waals surface area contributed by atoms with Gasteiger partial charge in [0.1, 0.15) is 0 Å². The third-order valence-electron chi connectivity index (χ3n) is 3.94. The van der Waals surface area contributed by atoms with Gasteiger partial charge >= 0.3 is 0 Å². The van der Waals surface area contributed by atoms with E-state index in [0.717, 1.165) is 27.9 Å². The molecule has 7 heteroatoms. The molecule has 134 valence electrons. The Labute approximate surface area is 165 Å². The van der Waals surface area contributed by atoms with E-state index in [2.05, 4.69) is 38.4 Å². The highest BCUT2D eigenvalue weighted by atomic mass is 79.9. The van der Waals surface area contributed by atoms with Crippen LogP contribution in [0.4, 0.5) is 11.5 Å². The molecule has 0 aliphatic rings. The van der Waals surface area contributed by atoms with E-state index < -0.39 is 0 Å². The highest BCUT2D eigenvalue weighted by molar-refractivity contribution is 9.10. The van der Waals surface area contributed by atoms with Gasteiger partial charge in [0.05, 0.1) is 0 Å². The molecule has 0 aliphatic heterocycles. The summed E-state index contributed by atoms with van der Waals surface area (Å²) in [5.41, 5.74) is 3.03. The highest BCUT2D eigenvalue weighted by Crippen LogP contribution is 2.21. The maximum atomic E-state index is 12.6. The lowest BCUT2D eigenvalue weighted by atomic mass is 10.1. The first-order chi connectivity index (χ1) is 12.6. The Balaban J connectivity index is 1.73. The van der Waals surface area contributed by atoms with E-state index in [9.17, 15) is 4.79 Å². The number of rotatable bonds is 6. The van der Waals surface area contributed by atoms with Gasteiger partial charge in [-0.05, 0) is 41.8 Å². The van der Waals surface area contributed by atoms with Gasteiger partial charge < -0.3 is 5.32 Å². The van der Waals surface area contributed by atoms with Crippen LogP contribution in [0.25, 0.3) is 0 Å².